The topological polar surface area (TPSA) is 96.0 Å². The lowest BCUT2D eigenvalue weighted by Crippen LogP contribution is -2.51. The number of hydrogen-bond acceptors (Lipinski definition) is 5. The Morgan fingerprint density at radius 1 is 1.09 bits per heavy atom. The first-order valence-electron chi connectivity index (χ1n) is 10.9. The molecule has 2 amide bonds. The van der Waals surface area contributed by atoms with Gasteiger partial charge in [-0.05, 0) is 42.7 Å². The predicted molar refractivity (Wildman–Crippen MR) is 137 cm³/mol. The van der Waals surface area contributed by atoms with Gasteiger partial charge in [0.15, 0.2) is 0 Å². The third kappa shape index (κ3) is 8.02. The molecule has 1 atom stereocenters. The number of methoxy groups -OCH3 is 1. The van der Waals surface area contributed by atoms with E-state index < -0.39 is 28.5 Å². The molecule has 1 N–H and O–H groups in total. The van der Waals surface area contributed by atoms with Crippen LogP contribution in [0.1, 0.15) is 26.3 Å². The summed E-state index contributed by atoms with van der Waals surface area (Å²) in [6.45, 7) is 5.76. The van der Waals surface area contributed by atoms with E-state index in [-0.39, 0.29) is 18.4 Å². The molecule has 0 heterocycles. The number of nitrogens with zero attached hydrogens (tertiary/aromatic N) is 2. The second-order valence-electron chi connectivity index (χ2n) is 8.44. The number of carbonyl (C=O) groups excluding carboxylic acids is 2. The van der Waals surface area contributed by atoms with Gasteiger partial charge in [0, 0.05) is 23.6 Å². The molecule has 0 bridgehead atoms. The lowest BCUT2D eigenvalue weighted by Gasteiger charge is -2.31. The van der Waals surface area contributed by atoms with Crippen molar-refractivity contribution < 1.29 is 22.7 Å². The van der Waals surface area contributed by atoms with Crippen molar-refractivity contribution in [2.24, 2.45) is 5.92 Å². The number of rotatable bonds is 11. The van der Waals surface area contributed by atoms with Gasteiger partial charge in [0.2, 0.25) is 21.8 Å². The van der Waals surface area contributed by atoms with Crippen LogP contribution in [-0.2, 0) is 26.2 Å². The molecule has 0 saturated heterocycles. The van der Waals surface area contributed by atoms with Gasteiger partial charge < -0.3 is 15.0 Å². The molecule has 0 spiro atoms. The van der Waals surface area contributed by atoms with Crippen molar-refractivity contribution >= 4 is 43.5 Å². The Bertz CT molecular complexity index is 1110. The Morgan fingerprint density at radius 3 is 2.35 bits per heavy atom. The molecule has 2 aromatic carbocycles. The number of carbonyl (C=O) groups is 2. The minimum Gasteiger partial charge on any atom is -0.497 e. The van der Waals surface area contributed by atoms with E-state index in [9.17, 15) is 18.0 Å². The summed E-state index contributed by atoms with van der Waals surface area (Å²) in [4.78, 5) is 27.7. The van der Waals surface area contributed by atoms with Gasteiger partial charge in [0.05, 0.1) is 19.1 Å². The molecule has 2 aromatic rings. The van der Waals surface area contributed by atoms with Gasteiger partial charge in [-0.1, -0.05) is 48.0 Å². The van der Waals surface area contributed by atoms with Crippen LogP contribution in [0.3, 0.4) is 0 Å². The Labute approximate surface area is 210 Å². The largest absolute Gasteiger partial charge is 0.497 e. The van der Waals surface area contributed by atoms with E-state index >= 15 is 0 Å². The summed E-state index contributed by atoms with van der Waals surface area (Å²) in [5.74, 6) is -0.0880. The second kappa shape index (κ2) is 12.2. The second-order valence-corrected chi connectivity index (χ2v) is 11.3. The van der Waals surface area contributed by atoms with Gasteiger partial charge in [-0.15, -0.1) is 0 Å². The van der Waals surface area contributed by atoms with Crippen LogP contribution < -0.4 is 14.4 Å². The summed E-state index contributed by atoms with van der Waals surface area (Å²) in [6.07, 6.45) is 1.04. The molecule has 0 aromatic heterocycles. The van der Waals surface area contributed by atoms with E-state index in [1.165, 1.54) is 12.0 Å². The van der Waals surface area contributed by atoms with Gasteiger partial charge in [-0.3, -0.25) is 13.9 Å². The minimum absolute atomic E-state index is 0.143. The van der Waals surface area contributed by atoms with Crippen LogP contribution in [0.4, 0.5) is 5.69 Å². The van der Waals surface area contributed by atoms with Crippen LogP contribution in [0.15, 0.2) is 53.0 Å². The van der Waals surface area contributed by atoms with Gasteiger partial charge in [0.25, 0.3) is 0 Å². The van der Waals surface area contributed by atoms with Crippen LogP contribution in [0.25, 0.3) is 0 Å². The van der Waals surface area contributed by atoms with Crippen LogP contribution in [0.2, 0.25) is 0 Å². The molecule has 34 heavy (non-hydrogen) atoms. The molecule has 8 nitrogen and oxygen atoms in total. The zero-order chi connectivity index (χ0) is 25.5. The molecular formula is C24H32BrN3O5S. The summed E-state index contributed by atoms with van der Waals surface area (Å²) >= 11 is 3.42. The van der Waals surface area contributed by atoms with Crippen molar-refractivity contribution in [2.75, 3.05) is 30.8 Å². The first-order chi connectivity index (χ1) is 15.9. The van der Waals surface area contributed by atoms with Gasteiger partial charge in [-0.2, -0.15) is 0 Å². The number of benzene rings is 2. The summed E-state index contributed by atoms with van der Waals surface area (Å²) in [7, 11) is -2.32. The highest BCUT2D eigenvalue weighted by Crippen LogP contribution is 2.24. The van der Waals surface area contributed by atoms with Gasteiger partial charge in [-0.25, -0.2) is 8.42 Å². The number of halogens is 1. The highest BCUT2D eigenvalue weighted by Gasteiger charge is 2.30. The molecule has 0 radical (unpaired) electrons. The third-order valence-corrected chi connectivity index (χ3v) is 6.75. The van der Waals surface area contributed by atoms with Crippen molar-refractivity contribution in [1.82, 2.24) is 10.2 Å². The summed E-state index contributed by atoms with van der Waals surface area (Å²) in [6, 6.07) is 13.1. The SMILES string of the molecule is COc1cccc(N(CC(=O)N(Cc2cccc(Br)c2)[C@@H](C)C(=O)NCC(C)C)S(C)(=O)=O)c1. The smallest absolute Gasteiger partial charge is 0.244 e. The molecule has 0 unspecified atom stereocenters. The highest BCUT2D eigenvalue weighted by molar-refractivity contribution is 9.10. The maximum atomic E-state index is 13.5. The first-order valence-corrected chi connectivity index (χ1v) is 13.5. The molecular weight excluding hydrogens is 522 g/mol. The lowest BCUT2D eigenvalue weighted by molar-refractivity contribution is -0.139. The van der Waals surface area contributed by atoms with E-state index in [4.69, 9.17) is 4.74 Å². The summed E-state index contributed by atoms with van der Waals surface area (Å²) in [5, 5.41) is 2.85. The van der Waals surface area contributed by atoms with Gasteiger partial charge in [0.1, 0.15) is 18.3 Å². The number of sulfonamides is 1. The molecule has 2 rings (SSSR count). The van der Waals surface area contributed by atoms with E-state index in [0.717, 1.165) is 20.6 Å². The average molecular weight is 555 g/mol. The van der Waals surface area contributed by atoms with Crippen LogP contribution >= 0.6 is 15.9 Å². The van der Waals surface area contributed by atoms with Crippen molar-refractivity contribution in [3.05, 3.63) is 58.6 Å². The standard InChI is InChI=1S/C24H32BrN3O5S/c1-17(2)14-26-24(30)18(3)27(15-19-8-6-9-20(25)12-19)23(29)16-28(34(5,31)32)21-10-7-11-22(13-21)33-4/h6-13,17-18H,14-16H2,1-5H3,(H,26,30)/t18-/m0/s1. The Kier molecular flexibility index (Phi) is 9.93. The minimum atomic E-state index is -3.80. The van der Waals surface area contributed by atoms with Crippen LogP contribution in [0, 0.1) is 5.92 Å². The first kappa shape index (κ1) is 27.7. The molecule has 10 heteroatoms. The average Bonchev–Trinajstić information content (AvgIpc) is 2.78. The zero-order valence-corrected chi connectivity index (χ0v) is 22.5. The maximum absolute atomic E-state index is 13.5. The number of nitrogens with one attached hydrogen (secondary N) is 1. The van der Waals surface area contributed by atoms with Crippen molar-refractivity contribution in [2.45, 2.75) is 33.4 Å². The normalized spacial score (nSPS) is 12.2. The van der Waals surface area contributed by atoms with Crippen LogP contribution in [0.5, 0.6) is 5.75 Å². The van der Waals surface area contributed by atoms with Crippen molar-refractivity contribution in [3.8, 4) is 5.75 Å². The molecule has 0 aliphatic carbocycles. The number of anilines is 1. The number of amides is 2. The molecule has 0 fully saturated rings. The van der Waals surface area contributed by atoms with E-state index in [1.807, 2.05) is 38.1 Å². The van der Waals surface area contributed by atoms with E-state index in [1.54, 1.807) is 31.2 Å². The quantitative estimate of drug-likeness (QED) is 0.460. The Hall–Kier alpha value is -2.59. The summed E-state index contributed by atoms with van der Waals surface area (Å²) < 4.78 is 32.3. The fourth-order valence-corrected chi connectivity index (χ4v) is 4.53. The third-order valence-electron chi connectivity index (χ3n) is 5.11. The lowest BCUT2D eigenvalue weighted by atomic mass is 10.1. The fourth-order valence-electron chi connectivity index (χ4n) is 3.25. The molecule has 186 valence electrons. The molecule has 0 aliphatic heterocycles. The predicted octanol–water partition coefficient (Wildman–Crippen LogP) is 3.41. The van der Waals surface area contributed by atoms with Gasteiger partial charge >= 0.3 is 0 Å². The van der Waals surface area contributed by atoms with Crippen LogP contribution in [-0.4, -0.2) is 57.6 Å². The highest BCUT2D eigenvalue weighted by atomic mass is 79.9. The number of ether oxygens (including phenoxy) is 1. The van der Waals surface area contributed by atoms with Crippen molar-refractivity contribution in [3.63, 3.8) is 0 Å². The van der Waals surface area contributed by atoms with E-state index in [2.05, 4.69) is 21.2 Å². The monoisotopic (exact) mass is 553 g/mol. The molecule has 0 saturated carbocycles. The fraction of sp³-hybridized carbons (Fsp3) is 0.417. The van der Waals surface area contributed by atoms with E-state index in [0.29, 0.717) is 18.0 Å². The maximum Gasteiger partial charge on any atom is 0.244 e. The summed E-state index contributed by atoms with van der Waals surface area (Å²) in [5.41, 5.74) is 1.10. The molecule has 0 aliphatic rings. The Morgan fingerprint density at radius 2 is 1.76 bits per heavy atom. The van der Waals surface area contributed by atoms with Crippen molar-refractivity contribution in [1.29, 1.82) is 0 Å². The Balaban J connectivity index is 2.38. The number of hydrogen-bond donors (Lipinski definition) is 1. The zero-order valence-electron chi connectivity index (χ0n) is 20.1.